The van der Waals surface area contributed by atoms with Crippen LogP contribution in [0.3, 0.4) is 0 Å². The Morgan fingerprint density at radius 3 is 2.77 bits per heavy atom. The van der Waals surface area contributed by atoms with Crippen LogP contribution in [-0.2, 0) is 0 Å². The molecule has 0 spiro atoms. The number of anilines is 1. The highest BCUT2D eigenvalue weighted by Crippen LogP contribution is 2.20. The number of hydrogen-bond donors (Lipinski definition) is 1. The summed E-state index contributed by atoms with van der Waals surface area (Å²) in [6.07, 6.45) is 0. The van der Waals surface area contributed by atoms with Gasteiger partial charge in [0.05, 0.1) is 0 Å². The van der Waals surface area contributed by atoms with E-state index >= 15 is 0 Å². The van der Waals surface area contributed by atoms with E-state index in [0.29, 0.717) is 0 Å². The molecule has 2 amide bonds. The van der Waals surface area contributed by atoms with Crippen molar-refractivity contribution in [3.05, 3.63) is 29.8 Å². The molecule has 1 aliphatic heterocycles. The summed E-state index contributed by atoms with van der Waals surface area (Å²) in [7, 11) is 0. The molecule has 1 heterocycles. The molecule has 0 saturated carbocycles. The van der Waals surface area contributed by atoms with E-state index in [-0.39, 0.29) is 6.03 Å². The highest BCUT2D eigenvalue weighted by atomic mass is 16.2. The van der Waals surface area contributed by atoms with Gasteiger partial charge in [-0.05, 0) is 18.6 Å². The zero-order valence-corrected chi connectivity index (χ0v) is 7.58. The number of hydrogen-bond acceptors (Lipinski definition) is 1. The highest BCUT2D eigenvalue weighted by Gasteiger charge is 2.21. The quantitative estimate of drug-likeness (QED) is 0.691. The summed E-state index contributed by atoms with van der Waals surface area (Å²) in [5.74, 6) is 0. The summed E-state index contributed by atoms with van der Waals surface area (Å²) in [5, 5.41) is 2.78. The maximum Gasteiger partial charge on any atom is 0.322 e. The largest absolute Gasteiger partial charge is 0.336 e. The molecule has 1 saturated heterocycles. The zero-order valence-electron chi connectivity index (χ0n) is 7.58. The smallest absolute Gasteiger partial charge is 0.322 e. The third-order valence-electron chi connectivity index (χ3n) is 2.26. The number of urea groups is 1. The molecule has 13 heavy (non-hydrogen) atoms. The molecule has 1 aliphatic rings. The summed E-state index contributed by atoms with van der Waals surface area (Å²) in [6.45, 7) is 3.53. The van der Waals surface area contributed by atoms with Crippen LogP contribution >= 0.6 is 0 Å². The fourth-order valence-corrected chi connectivity index (χ4v) is 1.57. The predicted octanol–water partition coefficient (Wildman–Crippen LogP) is 1.52. The average molecular weight is 176 g/mol. The van der Waals surface area contributed by atoms with E-state index in [2.05, 4.69) is 5.32 Å². The lowest BCUT2D eigenvalue weighted by molar-refractivity contribution is 0.252. The van der Waals surface area contributed by atoms with Crippen LogP contribution in [0.2, 0.25) is 0 Å². The van der Waals surface area contributed by atoms with Crippen molar-refractivity contribution in [3.63, 3.8) is 0 Å². The van der Waals surface area contributed by atoms with Crippen molar-refractivity contribution in [1.82, 2.24) is 5.32 Å². The van der Waals surface area contributed by atoms with Crippen LogP contribution in [0.5, 0.6) is 0 Å². The van der Waals surface area contributed by atoms with Crippen molar-refractivity contribution in [2.75, 3.05) is 18.0 Å². The molecule has 1 aromatic carbocycles. The molecule has 0 bridgehead atoms. The molecule has 1 aromatic rings. The van der Waals surface area contributed by atoms with Gasteiger partial charge in [0.2, 0.25) is 0 Å². The second-order valence-corrected chi connectivity index (χ2v) is 3.17. The predicted molar refractivity (Wildman–Crippen MR) is 51.9 cm³/mol. The lowest BCUT2D eigenvalue weighted by Gasteiger charge is -2.16. The normalized spacial score (nSPS) is 16.1. The lowest BCUT2D eigenvalue weighted by atomic mass is 10.2. The van der Waals surface area contributed by atoms with Crippen molar-refractivity contribution >= 4 is 11.7 Å². The fourth-order valence-electron chi connectivity index (χ4n) is 1.57. The van der Waals surface area contributed by atoms with E-state index in [0.717, 1.165) is 24.3 Å². The number of carbonyl (C=O) groups is 1. The zero-order chi connectivity index (χ0) is 9.26. The van der Waals surface area contributed by atoms with Gasteiger partial charge < -0.3 is 5.32 Å². The third-order valence-corrected chi connectivity index (χ3v) is 2.26. The first-order valence-corrected chi connectivity index (χ1v) is 4.40. The molecule has 0 aliphatic carbocycles. The number of nitrogens with one attached hydrogen (secondary N) is 1. The molecular formula is C10H12N2O. The van der Waals surface area contributed by atoms with Crippen LogP contribution in [0, 0.1) is 6.92 Å². The van der Waals surface area contributed by atoms with Crippen molar-refractivity contribution in [1.29, 1.82) is 0 Å². The molecule has 3 nitrogen and oxygen atoms in total. The van der Waals surface area contributed by atoms with Crippen LogP contribution in [0.4, 0.5) is 10.5 Å². The highest BCUT2D eigenvalue weighted by molar-refractivity contribution is 5.94. The Labute approximate surface area is 77.4 Å². The average Bonchev–Trinajstić information content (AvgIpc) is 2.52. The SMILES string of the molecule is Cc1ccccc1N1CCNC1=O. The molecule has 2 rings (SSSR count). The second-order valence-electron chi connectivity index (χ2n) is 3.17. The van der Waals surface area contributed by atoms with Gasteiger partial charge in [-0.1, -0.05) is 18.2 Å². The van der Waals surface area contributed by atoms with Gasteiger partial charge >= 0.3 is 6.03 Å². The van der Waals surface area contributed by atoms with Crippen LogP contribution in [0.15, 0.2) is 24.3 Å². The first-order valence-electron chi connectivity index (χ1n) is 4.40. The van der Waals surface area contributed by atoms with E-state index in [1.165, 1.54) is 0 Å². The summed E-state index contributed by atoms with van der Waals surface area (Å²) >= 11 is 0. The minimum absolute atomic E-state index is 0.00861. The van der Waals surface area contributed by atoms with Gasteiger partial charge in [-0.25, -0.2) is 4.79 Å². The lowest BCUT2D eigenvalue weighted by Crippen LogP contribution is -2.28. The van der Waals surface area contributed by atoms with Gasteiger partial charge in [-0.3, -0.25) is 4.90 Å². The number of nitrogens with zero attached hydrogens (tertiary/aromatic N) is 1. The van der Waals surface area contributed by atoms with Crippen LogP contribution in [0.1, 0.15) is 5.56 Å². The third kappa shape index (κ3) is 1.37. The number of carbonyl (C=O) groups excluding carboxylic acids is 1. The fraction of sp³-hybridized carbons (Fsp3) is 0.300. The summed E-state index contributed by atoms with van der Waals surface area (Å²) < 4.78 is 0. The Bertz CT molecular complexity index is 335. The Kier molecular flexibility index (Phi) is 1.93. The van der Waals surface area contributed by atoms with Crippen LogP contribution < -0.4 is 10.2 Å². The second kappa shape index (κ2) is 3.09. The Morgan fingerprint density at radius 1 is 1.38 bits per heavy atom. The minimum Gasteiger partial charge on any atom is -0.336 e. The number of aryl methyl sites for hydroxylation is 1. The molecule has 0 atom stereocenters. The van der Waals surface area contributed by atoms with E-state index in [4.69, 9.17) is 0 Å². The molecule has 1 N–H and O–H groups in total. The van der Waals surface area contributed by atoms with E-state index in [9.17, 15) is 4.79 Å². The van der Waals surface area contributed by atoms with Crippen LogP contribution in [-0.4, -0.2) is 19.1 Å². The van der Waals surface area contributed by atoms with Crippen molar-refractivity contribution in [2.24, 2.45) is 0 Å². The monoisotopic (exact) mass is 176 g/mol. The van der Waals surface area contributed by atoms with E-state index < -0.39 is 0 Å². The van der Waals surface area contributed by atoms with E-state index in [1.54, 1.807) is 4.90 Å². The molecule has 3 heteroatoms. The molecule has 0 unspecified atom stereocenters. The summed E-state index contributed by atoms with van der Waals surface area (Å²) in [5.41, 5.74) is 2.15. The van der Waals surface area contributed by atoms with Crippen molar-refractivity contribution < 1.29 is 4.79 Å². The topological polar surface area (TPSA) is 32.3 Å². The number of amides is 2. The molecule has 68 valence electrons. The van der Waals surface area contributed by atoms with Gasteiger partial charge in [-0.2, -0.15) is 0 Å². The Morgan fingerprint density at radius 2 is 2.15 bits per heavy atom. The van der Waals surface area contributed by atoms with Gasteiger partial charge in [0.1, 0.15) is 0 Å². The first-order chi connectivity index (χ1) is 6.29. The Balaban J connectivity index is 2.34. The van der Waals surface area contributed by atoms with Gasteiger partial charge in [0.25, 0.3) is 0 Å². The van der Waals surface area contributed by atoms with Crippen molar-refractivity contribution in [3.8, 4) is 0 Å². The maximum atomic E-state index is 11.3. The van der Waals surface area contributed by atoms with Gasteiger partial charge in [0.15, 0.2) is 0 Å². The first kappa shape index (κ1) is 8.10. The number of benzene rings is 1. The molecular weight excluding hydrogens is 164 g/mol. The molecule has 1 fully saturated rings. The van der Waals surface area contributed by atoms with Crippen LogP contribution in [0.25, 0.3) is 0 Å². The Hall–Kier alpha value is -1.51. The van der Waals surface area contributed by atoms with Gasteiger partial charge in [-0.15, -0.1) is 0 Å². The molecule has 0 aromatic heterocycles. The molecule has 0 radical (unpaired) electrons. The summed E-state index contributed by atoms with van der Waals surface area (Å²) in [6, 6.07) is 7.93. The maximum absolute atomic E-state index is 11.3. The van der Waals surface area contributed by atoms with Crippen molar-refractivity contribution in [2.45, 2.75) is 6.92 Å². The van der Waals surface area contributed by atoms with Gasteiger partial charge in [0, 0.05) is 18.8 Å². The standard InChI is InChI=1S/C10H12N2O/c1-8-4-2-3-5-9(8)12-7-6-11-10(12)13/h2-5H,6-7H2,1H3,(H,11,13). The number of rotatable bonds is 1. The number of para-hydroxylation sites is 1. The minimum atomic E-state index is 0.00861. The summed E-state index contributed by atoms with van der Waals surface area (Å²) in [4.78, 5) is 13.1. The van der Waals surface area contributed by atoms with E-state index in [1.807, 2.05) is 31.2 Å².